The second kappa shape index (κ2) is 4.08. The van der Waals surface area contributed by atoms with Gasteiger partial charge in [0.1, 0.15) is 18.0 Å². The molecule has 2 aromatic rings. The monoisotopic (exact) mass is 243 g/mol. The molecule has 2 rings (SSSR count). The van der Waals surface area contributed by atoms with Gasteiger partial charge >= 0.3 is 6.18 Å². The van der Waals surface area contributed by atoms with Gasteiger partial charge in [0.15, 0.2) is 0 Å². The molecule has 0 amide bonds. The molecule has 0 spiro atoms. The standard InChI is InChI=1S/C10H8F3N3O/c11-10(12,13)5-14-7-3-1-6-2-4-8(17)16-9(6)15-7/h1-4H,5H2,(H2,14,15,16,17). The number of aromatic nitrogens is 2. The van der Waals surface area contributed by atoms with Gasteiger partial charge in [-0.3, -0.25) is 4.79 Å². The van der Waals surface area contributed by atoms with Gasteiger partial charge in [-0.2, -0.15) is 13.2 Å². The summed E-state index contributed by atoms with van der Waals surface area (Å²) in [7, 11) is 0. The quantitative estimate of drug-likeness (QED) is 0.846. The molecule has 17 heavy (non-hydrogen) atoms. The van der Waals surface area contributed by atoms with Crippen molar-refractivity contribution in [2.75, 3.05) is 11.9 Å². The average Bonchev–Trinajstić information content (AvgIpc) is 2.24. The Morgan fingerprint density at radius 2 is 1.94 bits per heavy atom. The molecule has 0 atom stereocenters. The zero-order valence-electron chi connectivity index (χ0n) is 8.51. The Labute approximate surface area is 93.5 Å². The minimum absolute atomic E-state index is 0.0664. The lowest BCUT2D eigenvalue weighted by molar-refractivity contribution is -0.115. The predicted octanol–water partition coefficient (Wildman–Crippen LogP) is 1.90. The van der Waals surface area contributed by atoms with E-state index >= 15 is 0 Å². The van der Waals surface area contributed by atoms with Crippen LogP contribution in [0.3, 0.4) is 0 Å². The van der Waals surface area contributed by atoms with Gasteiger partial charge in [-0.15, -0.1) is 0 Å². The fourth-order valence-corrected chi connectivity index (χ4v) is 1.32. The number of pyridine rings is 2. The number of nitrogens with zero attached hydrogens (tertiary/aromatic N) is 1. The number of alkyl halides is 3. The van der Waals surface area contributed by atoms with Crippen molar-refractivity contribution in [3.05, 3.63) is 34.6 Å². The van der Waals surface area contributed by atoms with Crippen LogP contribution in [-0.4, -0.2) is 22.7 Å². The van der Waals surface area contributed by atoms with Crippen LogP contribution in [0.2, 0.25) is 0 Å². The van der Waals surface area contributed by atoms with Crippen LogP contribution in [0.5, 0.6) is 0 Å². The fourth-order valence-electron chi connectivity index (χ4n) is 1.32. The average molecular weight is 243 g/mol. The molecule has 4 nitrogen and oxygen atoms in total. The third kappa shape index (κ3) is 2.96. The van der Waals surface area contributed by atoms with Crippen LogP contribution in [-0.2, 0) is 0 Å². The molecule has 90 valence electrons. The SMILES string of the molecule is O=c1ccc2ccc(NCC(F)(F)F)nc2[nH]1. The smallest absolute Gasteiger partial charge is 0.361 e. The van der Waals surface area contributed by atoms with Crippen molar-refractivity contribution in [3.63, 3.8) is 0 Å². The second-order valence-corrected chi connectivity index (χ2v) is 3.43. The van der Waals surface area contributed by atoms with Crippen LogP contribution < -0.4 is 10.9 Å². The van der Waals surface area contributed by atoms with Crippen molar-refractivity contribution in [3.8, 4) is 0 Å². The number of anilines is 1. The number of rotatable bonds is 2. The molecule has 2 heterocycles. The summed E-state index contributed by atoms with van der Waals surface area (Å²) in [5.41, 5.74) is -0.0948. The Hall–Kier alpha value is -2.05. The van der Waals surface area contributed by atoms with E-state index in [1.165, 1.54) is 12.1 Å². The Morgan fingerprint density at radius 1 is 1.24 bits per heavy atom. The third-order valence-corrected chi connectivity index (χ3v) is 2.05. The van der Waals surface area contributed by atoms with Crippen molar-refractivity contribution in [2.45, 2.75) is 6.18 Å². The summed E-state index contributed by atoms with van der Waals surface area (Å²) < 4.78 is 35.9. The van der Waals surface area contributed by atoms with Gasteiger partial charge < -0.3 is 10.3 Å². The first-order chi connectivity index (χ1) is 7.94. The molecule has 0 saturated heterocycles. The highest BCUT2D eigenvalue weighted by molar-refractivity contribution is 5.76. The minimum atomic E-state index is -4.30. The van der Waals surface area contributed by atoms with E-state index < -0.39 is 12.7 Å². The number of fused-ring (bicyclic) bond motifs is 1. The van der Waals surface area contributed by atoms with E-state index in [4.69, 9.17) is 0 Å². The summed E-state index contributed by atoms with van der Waals surface area (Å²) in [6, 6.07) is 5.88. The van der Waals surface area contributed by atoms with Gasteiger partial charge in [-0.05, 0) is 18.2 Å². The zero-order valence-corrected chi connectivity index (χ0v) is 8.51. The van der Waals surface area contributed by atoms with Crippen molar-refractivity contribution in [1.29, 1.82) is 0 Å². The molecule has 0 aliphatic rings. The maximum Gasteiger partial charge on any atom is 0.405 e. The van der Waals surface area contributed by atoms with E-state index in [1.54, 1.807) is 12.1 Å². The predicted molar refractivity (Wildman–Crippen MR) is 56.9 cm³/mol. The normalized spacial score (nSPS) is 11.7. The summed E-state index contributed by atoms with van der Waals surface area (Å²) in [5.74, 6) is 0.0664. The number of aromatic amines is 1. The first-order valence-electron chi connectivity index (χ1n) is 4.75. The Bertz CT molecular complexity index is 591. The lowest BCUT2D eigenvalue weighted by atomic mass is 10.3. The topological polar surface area (TPSA) is 57.8 Å². The van der Waals surface area contributed by atoms with Crippen LogP contribution >= 0.6 is 0 Å². The second-order valence-electron chi connectivity index (χ2n) is 3.43. The van der Waals surface area contributed by atoms with Crippen LogP contribution in [0.25, 0.3) is 11.0 Å². The van der Waals surface area contributed by atoms with E-state index in [1.807, 2.05) is 0 Å². The van der Waals surface area contributed by atoms with Crippen LogP contribution in [0.15, 0.2) is 29.1 Å². The van der Waals surface area contributed by atoms with E-state index in [9.17, 15) is 18.0 Å². The van der Waals surface area contributed by atoms with Crippen LogP contribution in [0.1, 0.15) is 0 Å². The van der Waals surface area contributed by atoms with Crippen molar-refractivity contribution >= 4 is 16.9 Å². The number of hydrogen-bond donors (Lipinski definition) is 2. The lowest BCUT2D eigenvalue weighted by Gasteiger charge is -2.08. The van der Waals surface area contributed by atoms with Gasteiger partial charge in [0.2, 0.25) is 5.56 Å². The van der Waals surface area contributed by atoms with Crippen LogP contribution in [0, 0.1) is 0 Å². The Kier molecular flexibility index (Phi) is 2.74. The van der Waals surface area contributed by atoms with Gasteiger partial charge in [0, 0.05) is 11.5 Å². The molecular weight excluding hydrogens is 235 g/mol. The van der Waals surface area contributed by atoms with Crippen molar-refractivity contribution < 1.29 is 13.2 Å². The number of hydrogen-bond acceptors (Lipinski definition) is 3. The summed E-state index contributed by atoms with van der Waals surface area (Å²) >= 11 is 0. The summed E-state index contributed by atoms with van der Waals surface area (Å²) in [6.07, 6.45) is -4.30. The molecule has 0 aromatic carbocycles. The zero-order chi connectivity index (χ0) is 12.5. The molecule has 0 aliphatic heterocycles. The van der Waals surface area contributed by atoms with E-state index in [0.717, 1.165) is 0 Å². The molecule has 0 unspecified atom stereocenters. The molecular formula is C10H8F3N3O. The highest BCUT2D eigenvalue weighted by Crippen LogP contribution is 2.16. The van der Waals surface area contributed by atoms with Gasteiger partial charge in [0.25, 0.3) is 0 Å². The lowest BCUT2D eigenvalue weighted by Crippen LogP contribution is -2.21. The van der Waals surface area contributed by atoms with E-state index in [-0.39, 0.29) is 17.0 Å². The molecule has 0 aliphatic carbocycles. The largest absolute Gasteiger partial charge is 0.405 e. The number of H-pyrrole nitrogens is 1. The molecule has 2 N–H and O–H groups in total. The van der Waals surface area contributed by atoms with Gasteiger partial charge in [-0.1, -0.05) is 0 Å². The molecule has 7 heteroatoms. The number of halogens is 3. The summed E-state index contributed by atoms with van der Waals surface area (Å²) in [5, 5.41) is 2.79. The van der Waals surface area contributed by atoms with E-state index in [2.05, 4.69) is 15.3 Å². The maximum atomic E-state index is 12.0. The van der Waals surface area contributed by atoms with Gasteiger partial charge in [0.05, 0.1) is 0 Å². The number of nitrogens with one attached hydrogen (secondary N) is 2. The first kappa shape index (κ1) is 11.4. The summed E-state index contributed by atoms with van der Waals surface area (Å²) in [4.78, 5) is 17.3. The summed E-state index contributed by atoms with van der Waals surface area (Å²) in [6.45, 7) is -1.16. The van der Waals surface area contributed by atoms with Crippen molar-refractivity contribution in [1.82, 2.24) is 9.97 Å². The molecule has 0 fully saturated rings. The highest BCUT2D eigenvalue weighted by Gasteiger charge is 2.26. The first-order valence-corrected chi connectivity index (χ1v) is 4.75. The molecule has 0 saturated carbocycles. The fraction of sp³-hybridized carbons (Fsp3) is 0.200. The highest BCUT2D eigenvalue weighted by atomic mass is 19.4. The molecule has 0 bridgehead atoms. The maximum absolute atomic E-state index is 12.0. The minimum Gasteiger partial charge on any atom is -0.361 e. The Balaban J connectivity index is 2.28. The van der Waals surface area contributed by atoms with Crippen molar-refractivity contribution in [2.24, 2.45) is 0 Å². The third-order valence-electron chi connectivity index (χ3n) is 2.05. The van der Waals surface area contributed by atoms with Gasteiger partial charge in [-0.25, -0.2) is 4.98 Å². The Morgan fingerprint density at radius 3 is 2.65 bits per heavy atom. The van der Waals surface area contributed by atoms with Crippen LogP contribution in [0.4, 0.5) is 19.0 Å². The van der Waals surface area contributed by atoms with E-state index in [0.29, 0.717) is 5.39 Å². The molecule has 2 aromatic heterocycles. The molecule has 0 radical (unpaired) electrons.